The van der Waals surface area contributed by atoms with Crippen LogP contribution in [0, 0.1) is 11.3 Å². The highest BCUT2D eigenvalue weighted by atomic mass is 15.4. The third kappa shape index (κ3) is 4.97. The molecular weight excluding hydrogens is 524 g/mol. The van der Waals surface area contributed by atoms with Crippen LogP contribution in [-0.2, 0) is 0 Å². The van der Waals surface area contributed by atoms with Crippen molar-refractivity contribution in [1.29, 1.82) is 5.26 Å². The number of benzene rings is 6. The summed E-state index contributed by atoms with van der Waals surface area (Å²) in [5.41, 5.74) is 8.41. The van der Waals surface area contributed by atoms with Crippen LogP contribution < -0.4 is 5.32 Å². The summed E-state index contributed by atoms with van der Waals surface area (Å²) in [6, 6.07) is 52.6. The molecule has 2 unspecified atom stereocenters. The Hall–Kier alpha value is -5.50. The van der Waals surface area contributed by atoms with Crippen LogP contribution in [0.1, 0.15) is 34.6 Å². The zero-order valence-corrected chi connectivity index (χ0v) is 23.9. The van der Waals surface area contributed by atoms with Crippen LogP contribution in [-0.4, -0.2) is 17.8 Å². The van der Waals surface area contributed by atoms with E-state index in [2.05, 4.69) is 120 Å². The average Bonchev–Trinajstić information content (AvgIpc) is 3.09. The van der Waals surface area contributed by atoms with Crippen LogP contribution in [0.4, 0.5) is 0 Å². The van der Waals surface area contributed by atoms with Gasteiger partial charge < -0.3 is 5.32 Å². The average molecular weight is 555 g/mol. The van der Waals surface area contributed by atoms with Gasteiger partial charge in [-0.3, -0.25) is 4.90 Å². The van der Waals surface area contributed by atoms with Crippen molar-refractivity contribution in [3.05, 3.63) is 168 Å². The Balaban J connectivity index is 1.28. The van der Waals surface area contributed by atoms with Crippen molar-refractivity contribution in [2.24, 2.45) is 4.99 Å². The number of fused-ring (bicyclic) bond motifs is 1. The van der Waals surface area contributed by atoms with E-state index in [4.69, 9.17) is 4.99 Å². The van der Waals surface area contributed by atoms with Gasteiger partial charge in [-0.2, -0.15) is 5.26 Å². The molecule has 1 N–H and O–H groups in total. The minimum atomic E-state index is -0.155. The van der Waals surface area contributed by atoms with E-state index in [0.717, 1.165) is 50.0 Å². The molecular formula is C39H30N4. The van der Waals surface area contributed by atoms with Crippen LogP contribution in [0.25, 0.3) is 33.0 Å². The quantitative estimate of drug-likeness (QED) is 0.232. The largest absolute Gasteiger partial charge is 0.350 e. The fourth-order valence-electron chi connectivity index (χ4n) is 6.08. The first-order chi connectivity index (χ1) is 21.2. The molecule has 206 valence electrons. The molecule has 0 aliphatic carbocycles. The first-order valence-electron chi connectivity index (χ1n) is 14.5. The molecule has 0 bridgehead atoms. The van der Waals surface area contributed by atoms with Crippen molar-refractivity contribution in [3.8, 4) is 28.3 Å². The fraction of sp³-hybridized carbons (Fsp3) is 0.0769. The number of hydrogen-bond acceptors (Lipinski definition) is 4. The maximum Gasteiger partial charge on any atom is 0.132 e. The van der Waals surface area contributed by atoms with E-state index in [9.17, 15) is 5.26 Å². The molecule has 2 atom stereocenters. The summed E-state index contributed by atoms with van der Waals surface area (Å²) in [6.45, 7) is 0. The maximum atomic E-state index is 9.73. The molecule has 0 saturated carbocycles. The molecule has 1 heterocycles. The first-order valence-corrected chi connectivity index (χ1v) is 14.5. The van der Waals surface area contributed by atoms with E-state index in [-0.39, 0.29) is 12.3 Å². The van der Waals surface area contributed by atoms with Crippen molar-refractivity contribution in [3.63, 3.8) is 0 Å². The van der Waals surface area contributed by atoms with E-state index in [0.29, 0.717) is 5.56 Å². The summed E-state index contributed by atoms with van der Waals surface area (Å²) in [5.74, 6) is 0.890. The van der Waals surface area contributed by atoms with Crippen LogP contribution in [0.5, 0.6) is 0 Å². The van der Waals surface area contributed by atoms with Gasteiger partial charge in [0, 0.05) is 11.1 Å². The second-order valence-corrected chi connectivity index (χ2v) is 10.8. The molecule has 0 fully saturated rings. The van der Waals surface area contributed by atoms with Gasteiger partial charge in [-0.1, -0.05) is 140 Å². The third-order valence-electron chi connectivity index (χ3n) is 8.26. The van der Waals surface area contributed by atoms with Gasteiger partial charge in [0.15, 0.2) is 0 Å². The number of amidine groups is 1. The highest BCUT2D eigenvalue weighted by Gasteiger charge is 2.31. The molecule has 4 nitrogen and oxygen atoms in total. The number of nitrogens with zero attached hydrogens (tertiary/aromatic N) is 3. The summed E-state index contributed by atoms with van der Waals surface area (Å²) in [6.07, 6.45) is -0.177. The zero-order valence-electron chi connectivity index (χ0n) is 23.9. The highest BCUT2D eigenvalue weighted by Crippen LogP contribution is 2.38. The molecule has 0 radical (unpaired) electrons. The van der Waals surface area contributed by atoms with Crippen LogP contribution in [0.15, 0.2) is 151 Å². The lowest BCUT2D eigenvalue weighted by atomic mass is 9.90. The monoisotopic (exact) mass is 554 g/mol. The standard InChI is InChI=1S/C39H30N4/c1-43-38(29-14-6-3-7-15-29)41-37(28-12-4-2-5-13-28)42-39(43)30-22-20-27(21-23-30)33-24-25-36(35-19-11-10-18-34(33)35)32-17-9-8-16-31(32)26-40/h2-25,38-39H,1H3,(H,41,42). The lowest BCUT2D eigenvalue weighted by molar-refractivity contribution is 0.152. The Morgan fingerprint density at radius 2 is 1.19 bits per heavy atom. The van der Waals surface area contributed by atoms with Crippen molar-refractivity contribution >= 4 is 16.6 Å². The number of hydrogen-bond donors (Lipinski definition) is 1. The second-order valence-electron chi connectivity index (χ2n) is 10.8. The second kappa shape index (κ2) is 11.4. The molecule has 0 amide bonds. The number of rotatable bonds is 5. The summed E-state index contributed by atoms with van der Waals surface area (Å²) < 4.78 is 0. The predicted octanol–water partition coefficient (Wildman–Crippen LogP) is 8.72. The van der Waals surface area contributed by atoms with Crippen molar-refractivity contribution in [2.45, 2.75) is 12.3 Å². The number of nitrogens with one attached hydrogen (secondary N) is 1. The summed E-state index contributed by atoms with van der Waals surface area (Å²) in [7, 11) is 2.12. The van der Waals surface area contributed by atoms with Crippen molar-refractivity contribution in [2.75, 3.05) is 7.05 Å². The molecule has 6 aromatic carbocycles. The van der Waals surface area contributed by atoms with E-state index in [1.165, 1.54) is 5.56 Å². The van der Waals surface area contributed by atoms with Gasteiger partial charge in [-0.25, -0.2) is 4.99 Å². The van der Waals surface area contributed by atoms with Crippen LogP contribution in [0.2, 0.25) is 0 Å². The molecule has 1 aliphatic rings. The van der Waals surface area contributed by atoms with Crippen molar-refractivity contribution < 1.29 is 0 Å². The lowest BCUT2D eigenvalue weighted by Gasteiger charge is -2.39. The minimum Gasteiger partial charge on any atom is -0.350 e. The van der Waals surface area contributed by atoms with Gasteiger partial charge in [0.1, 0.15) is 18.2 Å². The molecule has 0 aromatic heterocycles. The van der Waals surface area contributed by atoms with Crippen molar-refractivity contribution in [1.82, 2.24) is 10.2 Å². The molecule has 0 saturated heterocycles. The SMILES string of the molecule is CN1C(c2ccc(-c3ccc(-c4ccccc4C#N)c4ccccc34)cc2)N=C(c2ccccc2)NC1c1ccccc1. The van der Waals surface area contributed by atoms with Gasteiger partial charge in [0.2, 0.25) is 0 Å². The van der Waals surface area contributed by atoms with Gasteiger partial charge >= 0.3 is 0 Å². The fourth-order valence-corrected chi connectivity index (χ4v) is 6.08. The van der Waals surface area contributed by atoms with E-state index >= 15 is 0 Å². The summed E-state index contributed by atoms with van der Waals surface area (Å²) in [4.78, 5) is 7.48. The van der Waals surface area contributed by atoms with Gasteiger partial charge in [-0.15, -0.1) is 0 Å². The summed E-state index contributed by atoms with van der Waals surface area (Å²) >= 11 is 0. The van der Waals surface area contributed by atoms with E-state index in [1.54, 1.807) is 0 Å². The Labute approximate surface area is 252 Å². The van der Waals surface area contributed by atoms with Gasteiger partial charge in [0.05, 0.1) is 11.6 Å². The smallest absolute Gasteiger partial charge is 0.132 e. The molecule has 7 rings (SSSR count). The third-order valence-corrected chi connectivity index (χ3v) is 8.26. The van der Waals surface area contributed by atoms with E-state index < -0.39 is 0 Å². The zero-order chi connectivity index (χ0) is 29.2. The normalized spacial score (nSPS) is 16.7. The first kappa shape index (κ1) is 26.4. The van der Waals surface area contributed by atoms with Gasteiger partial charge in [-0.05, 0) is 51.7 Å². The number of nitriles is 1. The molecule has 6 aromatic rings. The molecule has 0 spiro atoms. The lowest BCUT2D eigenvalue weighted by Crippen LogP contribution is -2.45. The topological polar surface area (TPSA) is 51.4 Å². The Bertz CT molecular complexity index is 1970. The summed E-state index contributed by atoms with van der Waals surface area (Å²) in [5, 5.41) is 15.7. The number of aliphatic imine (C=N–C) groups is 1. The molecule has 1 aliphatic heterocycles. The predicted molar refractivity (Wildman–Crippen MR) is 175 cm³/mol. The molecule has 4 heteroatoms. The Morgan fingerprint density at radius 1 is 0.581 bits per heavy atom. The van der Waals surface area contributed by atoms with Crippen LogP contribution >= 0.6 is 0 Å². The van der Waals surface area contributed by atoms with Gasteiger partial charge in [0.25, 0.3) is 0 Å². The minimum absolute atomic E-state index is 0.0219. The van der Waals surface area contributed by atoms with Crippen LogP contribution in [0.3, 0.4) is 0 Å². The highest BCUT2D eigenvalue weighted by molar-refractivity contribution is 6.05. The van der Waals surface area contributed by atoms with E-state index in [1.807, 2.05) is 48.5 Å². The Morgan fingerprint density at radius 3 is 1.91 bits per heavy atom. The Kier molecular flexibility index (Phi) is 7.00. The maximum absolute atomic E-state index is 9.73. The molecule has 43 heavy (non-hydrogen) atoms.